The Morgan fingerprint density at radius 3 is 2.40 bits per heavy atom. The molecule has 20 heavy (non-hydrogen) atoms. The van der Waals surface area contributed by atoms with Crippen molar-refractivity contribution in [2.45, 2.75) is 13.8 Å². The second kappa shape index (κ2) is 5.85. The molecule has 0 fully saturated rings. The topological polar surface area (TPSA) is 55.1 Å². The summed E-state index contributed by atoms with van der Waals surface area (Å²) in [7, 11) is 0. The van der Waals surface area contributed by atoms with Gasteiger partial charge in [-0.1, -0.05) is 27.5 Å². The highest BCUT2D eigenvalue weighted by Crippen LogP contribution is 2.26. The van der Waals surface area contributed by atoms with E-state index in [9.17, 15) is 4.79 Å². The summed E-state index contributed by atoms with van der Waals surface area (Å²) in [6.07, 6.45) is 0. The number of carbonyl (C=O) groups excluding carboxylic acids is 1. The maximum Gasteiger partial charge on any atom is 0.257 e. The maximum atomic E-state index is 12.3. The summed E-state index contributed by atoms with van der Waals surface area (Å²) in [4.78, 5) is 12.3. The Balaban J connectivity index is 2.35. The zero-order valence-corrected chi connectivity index (χ0v) is 13.5. The average molecular weight is 354 g/mol. The molecule has 0 spiro atoms. The van der Waals surface area contributed by atoms with Crippen molar-refractivity contribution in [3.63, 3.8) is 0 Å². The Hall–Kier alpha value is -1.52. The van der Waals surface area contributed by atoms with Gasteiger partial charge < -0.3 is 11.1 Å². The molecule has 3 nitrogen and oxygen atoms in total. The van der Waals surface area contributed by atoms with Gasteiger partial charge in [0.25, 0.3) is 5.91 Å². The number of hydrogen-bond acceptors (Lipinski definition) is 2. The van der Waals surface area contributed by atoms with Crippen molar-refractivity contribution in [1.29, 1.82) is 0 Å². The molecule has 104 valence electrons. The smallest absolute Gasteiger partial charge is 0.257 e. The van der Waals surface area contributed by atoms with Crippen LogP contribution in [0.1, 0.15) is 21.5 Å². The van der Waals surface area contributed by atoms with E-state index in [1.54, 1.807) is 18.2 Å². The van der Waals surface area contributed by atoms with Crippen LogP contribution in [0.15, 0.2) is 34.8 Å². The molecule has 2 rings (SSSR count). The molecule has 0 aliphatic heterocycles. The number of amides is 1. The lowest BCUT2D eigenvalue weighted by Gasteiger charge is -2.13. The highest BCUT2D eigenvalue weighted by molar-refractivity contribution is 9.10. The SMILES string of the molecule is Cc1cc(Br)cc(C)c1NC(=O)c1cc(Cl)ccc1N. The number of rotatable bonds is 2. The first-order chi connectivity index (χ1) is 9.38. The molecule has 0 atom stereocenters. The van der Waals surface area contributed by atoms with Crippen LogP contribution in [-0.2, 0) is 0 Å². The van der Waals surface area contributed by atoms with Gasteiger partial charge in [-0.2, -0.15) is 0 Å². The molecule has 0 radical (unpaired) electrons. The normalized spacial score (nSPS) is 10.4. The van der Waals surface area contributed by atoms with Crippen molar-refractivity contribution in [2.24, 2.45) is 0 Å². The number of hydrogen-bond donors (Lipinski definition) is 2. The molecule has 5 heteroatoms. The van der Waals surface area contributed by atoms with Gasteiger partial charge in [-0.05, 0) is 55.3 Å². The summed E-state index contributed by atoms with van der Waals surface area (Å²) in [5.41, 5.74) is 9.34. The molecule has 0 bridgehead atoms. The zero-order chi connectivity index (χ0) is 14.9. The van der Waals surface area contributed by atoms with Crippen LogP contribution in [0.5, 0.6) is 0 Å². The predicted molar refractivity (Wildman–Crippen MR) is 87.4 cm³/mol. The van der Waals surface area contributed by atoms with E-state index >= 15 is 0 Å². The molecule has 0 heterocycles. The summed E-state index contributed by atoms with van der Waals surface area (Å²) in [6, 6.07) is 8.74. The van der Waals surface area contributed by atoms with Gasteiger partial charge in [-0.3, -0.25) is 4.79 Å². The summed E-state index contributed by atoms with van der Waals surface area (Å²) in [6.45, 7) is 3.88. The minimum absolute atomic E-state index is 0.265. The predicted octanol–water partition coefficient (Wildman–Crippen LogP) is 4.55. The second-order valence-corrected chi connectivity index (χ2v) is 5.95. The van der Waals surface area contributed by atoms with E-state index in [0.29, 0.717) is 16.3 Å². The van der Waals surface area contributed by atoms with Crippen LogP contribution in [0.25, 0.3) is 0 Å². The summed E-state index contributed by atoms with van der Waals surface area (Å²) in [5.74, 6) is -0.265. The van der Waals surface area contributed by atoms with Gasteiger partial charge in [0.15, 0.2) is 0 Å². The van der Waals surface area contributed by atoms with Crippen molar-refractivity contribution in [1.82, 2.24) is 0 Å². The third-order valence-electron chi connectivity index (χ3n) is 3.00. The van der Waals surface area contributed by atoms with E-state index in [2.05, 4.69) is 21.2 Å². The molecule has 2 aromatic carbocycles. The van der Waals surface area contributed by atoms with Crippen molar-refractivity contribution in [3.05, 3.63) is 56.5 Å². The largest absolute Gasteiger partial charge is 0.398 e. The quantitative estimate of drug-likeness (QED) is 0.778. The van der Waals surface area contributed by atoms with E-state index < -0.39 is 0 Å². The van der Waals surface area contributed by atoms with Gasteiger partial charge in [-0.25, -0.2) is 0 Å². The summed E-state index contributed by atoms with van der Waals surface area (Å²) >= 11 is 9.33. The maximum absolute atomic E-state index is 12.3. The Morgan fingerprint density at radius 2 is 1.80 bits per heavy atom. The molecule has 0 aromatic heterocycles. The van der Waals surface area contributed by atoms with Gasteiger partial charge in [0.2, 0.25) is 0 Å². The number of nitrogens with two attached hydrogens (primary N) is 1. The van der Waals surface area contributed by atoms with E-state index in [1.165, 1.54) is 0 Å². The lowest BCUT2D eigenvalue weighted by molar-refractivity contribution is 0.102. The third kappa shape index (κ3) is 3.14. The molecular weight excluding hydrogens is 340 g/mol. The van der Waals surface area contributed by atoms with Crippen molar-refractivity contribution in [2.75, 3.05) is 11.1 Å². The number of aryl methyl sites for hydroxylation is 2. The fraction of sp³-hybridized carbons (Fsp3) is 0.133. The van der Waals surface area contributed by atoms with Crippen LogP contribution in [0, 0.1) is 13.8 Å². The van der Waals surface area contributed by atoms with Gasteiger partial charge in [0, 0.05) is 20.9 Å². The molecule has 0 saturated carbocycles. The average Bonchev–Trinajstić information content (AvgIpc) is 2.36. The number of halogens is 2. The van der Waals surface area contributed by atoms with Crippen LogP contribution in [0.3, 0.4) is 0 Å². The molecular formula is C15H14BrClN2O. The van der Waals surface area contributed by atoms with Gasteiger partial charge in [0.05, 0.1) is 5.56 Å². The van der Waals surface area contributed by atoms with E-state index in [-0.39, 0.29) is 5.91 Å². The lowest BCUT2D eigenvalue weighted by Crippen LogP contribution is -2.15. The molecule has 0 aliphatic rings. The van der Waals surface area contributed by atoms with E-state index in [1.807, 2.05) is 26.0 Å². The number of anilines is 2. The van der Waals surface area contributed by atoms with Crippen molar-refractivity contribution < 1.29 is 4.79 Å². The Labute approximate surface area is 131 Å². The van der Waals surface area contributed by atoms with Crippen molar-refractivity contribution >= 4 is 44.8 Å². The highest BCUT2D eigenvalue weighted by atomic mass is 79.9. The molecule has 2 aromatic rings. The first-order valence-corrected chi connectivity index (χ1v) is 7.18. The van der Waals surface area contributed by atoms with Crippen LogP contribution in [0.2, 0.25) is 5.02 Å². The first kappa shape index (κ1) is 14.9. The Bertz CT molecular complexity index is 663. The molecule has 3 N–H and O–H groups in total. The van der Waals surface area contributed by atoms with Gasteiger partial charge >= 0.3 is 0 Å². The van der Waals surface area contributed by atoms with Crippen molar-refractivity contribution in [3.8, 4) is 0 Å². The van der Waals surface area contributed by atoms with Gasteiger partial charge in [-0.15, -0.1) is 0 Å². The Morgan fingerprint density at radius 1 is 1.20 bits per heavy atom. The van der Waals surface area contributed by atoms with Crippen LogP contribution in [-0.4, -0.2) is 5.91 Å². The van der Waals surface area contributed by atoms with E-state index in [4.69, 9.17) is 17.3 Å². The van der Waals surface area contributed by atoms with Crippen LogP contribution >= 0.6 is 27.5 Å². The molecule has 0 saturated heterocycles. The lowest BCUT2D eigenvalue weighted by atomic mass is 10.1. The molecule has 0 unspecified atom stereocenters. The molecule has 0 aliphatic carbocycles. The minimum atomic E-state index is -0.265. The Kier molecular flexibility index (Phi) is 4.35. The number of nitrogens with one attached hydrogen (secondary N) is 1. The van der Waals surface area contributed by atoms with Crippen LogP contribution < -0.4 is 11.1 Å². The van der Waals surface area contributed by atoms with Crippen LogP contribution in [0.4, 0.5) is 11.4 Å². The third-order valence-corrected chi connectivity index (χ3v) is 3.69. The van der Waals surface area contributed by atoms with E-state index in [0.717, 1.165) is 21.3 Å². The summed E-state index contributed by atoms with van der Waals surface area (Å²) in [5, 5.41) is 3.37. The monoisotopic (exact) mass is 352 g/mol. The minimum Gasteiger partial charge on any atom is -0.398 e. The number of nitrogen functional groups attached to an aromatic ring is 1. The highest BCUT2D eigenvalue weighted by Gasteiger charge is 2.13. The molecule has 1 amide bonds. The van der Waals surface area contributed by atoms with Gasteiger partial charge in [0.1, 0.15) is 0 Å². The first-order valence-electron chi connectivity index (χ1n) is 6.01. The fourth-order valence-corrected chi connectivity index (χ4v) is 2.87. The standard InChI is InChI=1S/C15H14BrClN2O/c1-8-5-10(16)6-9(2)14(8)19-15(20)12-7-11(17)3-4-13(12)18/h3-7H,18H2,1-2H3,(H,19,20). The summed E-state index contributed by atoms with van der Waals surface area (Å²) < 4.78 is 0.979. The fourth-order valence-electron chi connectivity index (χ4n) is 2.01. The zero-order valence-electron chi connectivity index (χ0n) is 11.1. The number of benzene rings is 2. The second-order valence-electron chi connectivity index (χ2n) is 4.60. The number of carbonyl (C=O) groups is 1.